The lowest BCUT2D eigenvalue weighted by Crippen LogP contribution is -2.26. The lowest BCUT2D eigenvalue weighted by atomic mass is 10.1. The Bertz CT molecular complexity index is 307. The molecule has 1 aromatic carbocycles. The molecule has 0 aliphatic carbocycles. The van der Waals surface area contributed by atoms with Gasteiger partial charge in [0.15, 0.2) is 0 Å². The number of methoxy groups -OCH3 is 1. The van der Waals surface area contributed by atoms with Gasteiger partial charge in [-0.1, -0.05) is 19.1 Å². The zero-order chi connectivity index (χ0) is 12.5. The summed E-state index contributed by atoms with van der Waals surface area (Å²) in [5.41, 5.74) is 1.21. The Labute approximate surface area is 104 Å². The second-order valence-corrected chi connectivity index (χ2v) is 3.94. The Morgan fingerprint density at radius 3 is 2.76 bits per heavy atom. The fourth-order valence-electron chi connectivity index (χ4n) is 1.69. The summed E-state index contributed by atoms with van der Waals surface area (Å²) in [6.07, 6.45) is 1.12. The van der Waals surface area contributed by atoms with Crippen molar-refractivity contribution in [3.8, 4) is 5.75 Å². The molecule has 0 spiro atoms. The van der Waals surface area contributed by atoms with Gasteiger partial charge in [0.25, 0.3) is 0 Å². The Balaban J connectivity index is 2.71. The summed E-state index contributed by atoms with van der Waals surface area (Å²) in [6, 6.07) is 8.38. The van der Waals surface area contributed by atoms with E-state index in [0.717, 1.165) is 25.3 Å². The first-order valence-electron chi connectivity index (χ1n) is 6.26. The van der Waals surface area contributed by atoms with Crippen LogP contribution in [-0.4, -0.2) is 26.9 Å². The first-order chi connectivity index (χ1) is 8.31. The van der Waals surface area contributed by atoms with Crippen LogP contribution in [0.3, 0.4) is 0 Å². The number of rotatable bonds is 8. The molecule has 0 radical (unpaired) electrons. The maximum atomic E-state index is 5.52. The van der Waals surface area contributed by atoms with E-state index in [-0.39, 0.29) is 6.04 Å². The van der Waals surface area contributed by atoms with Crippen LogP contribution in [0.2, 0.25) is 0 Å². The summed E-state index contributed by atoms with van der Waals surface area (Å²) in [5, 5.41) is 3.49. The van der Waals surface area contributed by atoms with Crippen LogP contribution < -0.4 is 10.1 Å². The first-order valence-corrected chi connectivity index (χ1v) is 6.26. The molecule has 1 rings (SSSR count). The van der Waals surface area contributed by atoms with E-state index in [4.69, 9.17) is 9.47 Å². The Hall–Kier alpha value is -1.06. The lowest BCUT2D eigenvalue weighted by molar-refractivity contribution is 0.123. The molecular weight excluding hydrogens is 214 g/mol. The number of nitrogens with one attached hydrogen (secondary N) is 1. The molecule has 0 aliphatic heterocycles. The van der Waals surface area contributed by atoms with Crippen molar-refractivity contribution in [2.45, 2.75) is 26.3 Å². The highest BCUT2D eigenvalue weighted by molar-refractivity contribution is 5.30. The van der Waals surface area contributed by atoms with Gasteiger partial charge in [0.2, 0.25) is 0 Å². The molecule has 1 aromatic rings. The maximum Gasteiger partial charge on any atom is 0.119 e. The fraction of sp³-hybridized carbons (Fsp3) is 0.571. The van der Waals surface area contributed by atoms with E-state index < -0.39 is 0 Å². The summed E-state index contributed by atoms with van der Waals surface area (Å²) in [6.45, 7) is 6.62. The van der Waals surface area contributed by atoms with Crippen LogP contribution in [0.25, 0.3) is 0 Å². The van der Waals surface area contributed by atoms with Crippen molar-refractivity contribution >= 4 is 0 Å². The van der Waals surface area contributed by atoms with E-state index >= 15 is 0 Å². The van der Waals surface area contributed by atoms with Crippen LogP contribution in [0.4, 0.5) is 0 Å². The predicted molar refractivity (Wildman–Crippen MR) is 70.5 cm³/mol. The first kappa shape index (κ1) is 14.0. The van der Waals surface area contributed by atoms with E-state index in [2.05, 4.69) is 24.4 Å². The highest BCUT2D eigenvalue weighted by atomic mass is 16.5. The van der Waals surface area contributed by atoms with Crippen LogP contribution in [0.5, 0.6) is 5.75 Å². The molecule has 1 atom stereocenters. The van der Waals surface area contributed by atoms with Crippen molar-refractivity contribution in [3.63, 3.8) is 0 Å². The molecule has 0 fully saturated rings. The maximum absolute atomic E-state index is 5.52. The molecule has 0 aromatic heterocycles. The van der Waals surface area contributed by atoms with Crippen molar-refractivity contribution in [2.75, 3.05) is 26.9 Å². The molecule has 1 unspecified atom stereocenters. The third-order valence-corrected chi connectivity index (χ3v) is 2.63. The summed E-state index contributed by atoms with van der Waals surface area (Å²) in [7, 11) is 1.69. The van der Waals surface area contributed by atoms with Crippen molar-refractivity contribution in [1.82, 2.24) is 5.32 Å². The third-order valence-electron chi connectivity index (χ3n) is 2.63. The van der Waals surface area contributed by atoms with Crippen molar-refractivity contribution in [3.05, 3.63) is 29.8 Å². The standard InChI is InChI=1S/C14H23NO2/c1-4-9-15-14(11-17-5-2)12-7-6-8-13(10-12)16-3/h6-8,10,14-15H,4-5,9,11H2,1-3H3. The molecule has 0 heterocycles. The smallest absolute Gasteiger partial charge is 0.119 e. The van der Waals surface area contributed by atoms with Gasteiger partial charge in [-0.3, -0.25) is 0 Å². The van der Waals surface area contributed by atoms with Crippen molar-refractivity contribution < 1.29 is 9.47 Å². The summed E-state index contributed by atoms with van der Waals surface area (Å²) < 4.78 is 10.8. The van der Waals surface area contributed by atoms with Gasteiger partial charge in [0.05, 0.1) is 19.8 Å². The third kappa shape index (κ3) is 4.75. The van der Waals surface area contributed by atoms with Gasteiger partial charge < -0.3 is 14.8 Å². The minimum Gasteiger partial charge on any atom is -0.497 e. The van der Waals surface area contributed by atoms with E-state index in [1.807, 2.05) is 19.1 Å². The van der Waals surface area contributed by atoms with Gasteiger partial charge in [-0.25, -0.2) is 0 Å². The van der Waals surface area contributed by atoms with Gasteiger partial charge >= 0.3 is 0 Å². The molecule has 3 nitrogen and oxygen atoms in total. The minimum atomic E-state index is 0.241. The lowest BCUT2D eigenvalue weighted by Gasteiger charge is -2.19. The summed E-state index contributed by atoms with van der Waals surface area (Å²) in [5.74, 6) is 0.891. The van der Waals surface area contributed by atoms with E-state index in [9.17, 15) is 0 Å². The zero-order valence-electron chi connectivity index (χ0n) is 11.0. The van der Waals surface area contributed by atoms with Gasteiger partial charge in [0.1, 0.15) is 5.75 Å². The monoisotopic (exact) mass is 237 g/mol. The van der Waals surface area contributed by atoms with Gasteiger partial charge in [-0.2, -0.15) is 0 Å². The van der Waals surface area contributed by atoms with E-state index in [1.54, 1.807) is 7.11 Å². The topological polar surface area (TPSA) is 30.5 Å². The van der Waals surface area contributed by atoms with Gasteiger partial charge in [-0.05, 0) is 37.6 Å². The molecule has 0 amide bonds. The highest BCUT2D eigenvalue weighted by Gasteiger charge is 2.11. The Kier molecular flexibility index (Phi) is 6.67. The second kappa shape index (κ2) is 8.09. The number of hydrogen-bond acceptors (Lipinski definition) is 3. The number of benzene rings is 1. The van der Waals surface area contributed by atoms with E-state index in [0.29, 0.717) is 6.61 Å². The molecule has 96 valence electrons. The average molecular weight is 237 g/mol. The molecule has 0 saturated heterocycles. The molecule has 0 bridgehead atoms. The minimum absolute atomic E-state index is 0.241. The Morgan fingerprint density at radius 1 is 1.29 bits per heavy atom. The molecule has 0 aliphatic rings. The molecular formula is C14H23NO2. The SMILES string of the molecule is CCCNC(COCC)c1cccc(OC)c1. The number of ether oxygens (including phenoxy) is 2. The molecule has 1 N–H and O–H groups in total. The second-order valence-electron chi connectivity index (χ2n) is 3.94. The number of hydrogen-bond donors (Lipinski definition) is 1. The predicted octanol–water partition coefficient (Wildman–Crippen LogP) is 2.77. The fourth-order valence-corrected chi connectivity index (χ4v) is 1.69. The van der Waals surface area contributed by atoms with Gasteiger partial charge in [0, 0.05) is 6.61 Å². The van der Waals surface area contributed by atoms with Gasteiger partial charge in [-0.15, -0.1) is 0 Å². The molecule has 0 saturated carbocycles. The van der Waals surface area contributed by atoms with Crippen LogP contribution in [0.15, 0.2) is 24.3 Å². The van der Waals surface area contributed by atoms with E-state index in [1.165, 1.54) is 5.56 Å². The quantitative estimate of drug-likeness (QED) is 0.754. The highest BCUT2D eigenvalue weighted by Crippen LogP contribution is 2.19. The summed E-state index contributed by atoms with van der Waals surface area (Å²) >= 11 is 0. The average Bonchev–Trinajstić information content (AvgIpc) is 2.39. The normalized spacial score (nSPS) is 12.4. The van der Waals surface area contributed by atoms with Crippen LogP contribution in [0.1, 0.15) is 31.9 Å². The molecule has 17 heavy (non-hydrogen) atoms. The van der Waals surface area contributed by atoms with Crippen molar-refractivity contribution in [1.29, 1.82) is 0 Å². The van der Waals surface area contributed by atoms with Crippen molar-refractivity contribution in [2.24, 2.45) is 0 Å². The Morgan fingerprint density at radius 2 is 2.12 bits per heavy atom. The summed E-state index contributed by atoms with van der Waals surface area (Å²) in [4.78, 5) is 0. The van der Waals surface area contributed by atoms with Crippen LogP contribution in [-0.2, 0) is 4.74 Å². The van der Waals surface area contributed by atoms with Crippen LogP contribution in [0, 0.1) is 0 Å². The molecule has 3 heteroatoms. The van der Waals surface area contributed by atoms with Crippen LogP contribution >= 0.6 is 0 Å². The largest absolute Gasteiger partial charge is 0.497 e. The zero-order valence-corrected chi connectivity index (χ0v) is 11.0.